The highest BCUT2D eigenvalue weighted by molar-refractivity contribution is 5.79. The number of nitrogens with zero attached hydrogens (tertiary/aromatic N) is 2. The van der Waals surface area contributed by atoms with E-state index in [1.54, 1.807) is 25.3 Å². The molecule has 1 aromatic rings. The Labute approximate surface area is 145 Å². The second-order valence-electron chi connectivity index (χ2n) is 6.63. The molecule has 6 nitrogen and oxygen atoms in total. The van der Waals surface area contributed by atoms with Gasteiger partial charge in [-0.15, -0.1) is 0 Å². The maximum Gasteiger partial charge on any atom is 0.191 e. The van der Waals surface area contributed by atoms with E-state index >= 15 is 0 Å². The fourth-order valence-electron chi connectivity index (χ4n) is 2.93. The van der Waals surface area contributed by atoms with Crippen LogP contribution >= 0.6 is 0 Å². The predicted molar refractivity (Wildman–Crippen MR) is 97.2 cm³/mol. The number of rotatable bonds is 7. The van der Waals surface area contributed by atoms with Crippen LogP contribution in [0.4, 0.5) is 0 Å². The predicted octanol–water partition coefficient (Wildman–Crippen LogP) is 1.92. The third-order valence-corrected chi connectivity index (χ3v) is 4.36. The van der Waals surface area contributed by atoms with Crippen molar-refractivity contribution in [2.45, 2.75) is 45.1 Å². The maximum atomic E-state index is 10.5. The molecule has 1 atom stereocenters. The van der Waals surface area contributed by atoms with Gasteiger partial charge in [-0.2, -0.15) is 0 Å². The van der Waals surface area contributed by atoms with Crippen molar-refractivity contribution in [3.8, 4) is 0 Å². The first-order valence-corrected chi connectivity index (χ1v) is 9.13. The smallest absolute Gasteiger partial charge is 0.191 e. The average molecular weight is 336 g/mol. The minimum atomic E-state index is -1.10. The van der Waals surface area contributed by atoms with Gasteiger partial charge in [-0.05, 0) is 51.9 Å². The number of furan rings is 1. The fraction of sp³-hybridized carbons (Fsp3) is 0.722. The van der Waals surface area contributed by atoms with Crippen LogP contribution in [0.5, 0.6) is 0 Å². The van der Waals surface area contributed by atoms with Crippen molar-refractivity contribution >= 4 is 5.96 Å². The van der Waals surface area contributed by atoms with Crippen molar-refractivity contribution in [1.82, 2.24) is 15.5 Å². The van der Waals surface area contributed by atoms with E-state index in [1.165, 1.54) is 38.8 Å². The van der Waals surface area contributed by atoms with Crippen molar-refractivity contribution < 1.29 is 9.52 Å². The van der Waals surface area contributed by atoms with Crippen LogP contribution in [0.1, 0.15) is 45.3 Å². The summed E-state index contributed by atoms with van der Waals surface area (Å²) in [6.45, 7) is 9.07. The van der Waals surface area contributed by atoms with Crippen LogP contribution in [0, 0.1) is 0 Å². The molecule has 6 heteroatoms. The molecule has 2 heterocycles. The van der Waals surface area contributed by atoms with E-state index in [-0.39, 0.29) is 6.54 Å². The second-order valence-corrected chi connectivity index (χ2v) is 6.63. The highest BCUT2D eigenvalue weighted by atomic mass is 16.4. The Morgan fingerprint density at radius 2 is 2.04 bits per heavy atom. The Morgan fingerprint density at radius 1 is 1.29 bits per heavy atom. The summed E-state index contributed by atoms with van der Waals surface area (Å²) < 4.78 is 5.30. The molecule has 0 spiro atoms. The zero-order chi connectivity index (χ0) is 17.3. The van der Waals surface area contributed by atoms with Crippen LogP contribution in [-0.4, -0.2) is 55.2 Å². The first-order chi connectivity index (χ1) is 11.6. The molecule has 0 amide bonds. The Bertz CT molecular complexity index is 477. The molecule has 1 aliphatic heterocycles. The number of aliphatic hydroxyl groups is 1. The summed E-state index contributed by atoms with van der Waals surface area (Å²) in [5.41, 5.74) is -1.10. The van der Waals surface area contributed by atoms with E-state index in [4.69, 9.17) is 4.42 Å². The highest BCUT2D eigenvalue weighted by Gasteiger charge is 2.26. The summed E-state index contributed by atoms with van der Waals surface area (Å²) in [5.74, 6) is 1.27. The van der Waals surface area contributed by atoms with Gasteiger partial charge in [0, 0.05) is 19.6 Å². The third kappa shape index (κ3) is 6.17. The summed E-state index contributed by atoms with van der Waals surface area (Å²) in [4.78, 5) is 7.02. The van der Waals surface area contributed by atoms with Gasteiger partial charge in [0.1, 0.15) is 11.4 Å². The summed E-state index contributed by atoms with van der Waals surface area (Å²) in [6, 6.07) is 3.55. The van der Waals surface area contributed by atoms with Crippen molar-refractivity contribution in [3.05, 3.63) is 24.2 Å². The number of hydrogen-bond acceptors (Lipinski definition) is 4. The Hall–Kier alpha value is -1.53. The quantitative estimate of drug-likeness (QED) is 0.524. The van der Waals surface area contributed by atoms with E-state index in [0.29, 0.717) is 5.76 Å². The third-order valence-electron chi connectivity index (χ3n) is 4.36. The summed E-state index contributed by atoms with van der Waals surface area (Å²) in [6.07, 6.45) is 6.89. The molecule has 136 valence electrons. The SMILES string of the molecule is CCNC(=NCC(C)(O)c1ccco1)NCCN1CCCCCC1. The summed E-state index contributed by atoms with van der Waals surface area (Å²) >= 11 is 0. The molecule has 3 N–H and O–H groups in total. The Balaban J connectivity index is 1.81. The lowest BCUT2D eigenvalue weighted by atomic mass is 10.0. The molecule has 0 bridgehead atoms. The second kappa shape index (κ2) is 9.69. The lowest BCUT2D eigenvalue weighted by molar-refractivity contribution is 0.0437. The van der Waals surface area contributed by atoms with Crippen molar-refractivity contribution in [1.29, 1.82) is 0 Å². The van der Waals surface area contributed by atoms with Crippen molar-refractivity contribution in [2.75, 3.05) is 39.3 Å². The van der Waals surface area contributed by atoms with Gasteiger partial charge >= 0.3 is 0 Å². The van der Waals surface area contributed by atoms with Crippen LogP contribution in [0.25, 0.3) is 0 Å². The largest absolute Gasteiger partial charge is 0.466 e. The standard InChI is InChI=1S/C18H32N4O2/c1-3-19-17(20-10-13-22-11-6-4-5-7-12-22)21-15-18(2,23)16-9-8-14-24-16/h8-9,14,23H,3-7,10-13,15H2,1-2H3,(H2,19,20,21). The van der Waals surface area contributed by atoms with Gasteiger partial charge in [0.15, 0.2) is 5.96 Å². The van der Waals surface area contributed by atoms with E-state index in [1.807, 2.05) is 6.92 Å². The summed E-state index contributed by atoms with van der Waals surface area (Å²) in [7, 11) is 0. The monoisotopic (exact) mass is 336 g/mol. The Morgan fingerprint density at radius 3 is 2.67 bits per heavy atom. The number of aliphatic imine (C=N–C) groups is 1. The molecule has 0 aliphatic carbocycles. The lowest BCUT2D eigenvalue weighted by Crippen LogP contribution is -2.42. The fourth-order valence-corrected chi connectivity index (χ4v) is 2.93. The number of guanidine groups is 1. The molecule has 0 saturated carbocycles. The van der Waals surface area contributed by atoms with Crippen LogP contribution in [0.15, 0.2) is 27.8 Å². The zero-order valence-electron chi connectivity index (χ0n) is 15.1. The molecule has 1 saturated heterocycles. The van der Waals surface area contributed by atoms with Crippen LogP contribution in [0.2, 0.25) is 0 Å². The molecule has 1 unspecified atom stereocenters. The van der Waals surface area contributed by atoms with Gasteiger partial charge in [0.25, 0.3) is 0 Å². The van der Waals surface area contributed by atoms with E-state index in [0.717, 1.165) is 25.6 Å². The lowest BCUT2D eigenvalue weighted by Gasteiger charge is -2.22. The first-order valence-electron chi connectivity index (χ1n) is 9.13. The van der Waals surface area contributed by atoms with Crippen LogP contribution < -0.4 is 10.6 Å². The average Bonchev–Trinajstić information content (AvgIpc) is 2.99. The van der Waals surface area contributed by atoms with E-state index in [2.05, 4.69) is 20.5 Å². The van der Waals surface area contributed by atoms with Crippen LogP contribution in [-0.2, 0) is 5.60 Å². The number of hydrogen-bond donors (Lipinski definition) is 3. The number of likely N-dealkylation sites (tertiary alicyclic amines) is 1. The minimum Gasteiger partial charge on any atom is -0.466 e. The van der Waals surface area contributed by atoms with E-state index in [9.17, 15) is 5.11 Å². The molecular formula is C18H32N4O2. The van der Waals surface area contributed by atoms with Gasteiger partial charge in [-0.1, -0.05) is 12.8 Å². The van der Waals surface area contributed by atoms with Gasteiger partial charge < -0.3 is 25.1 Å². The molecule has 1 fully saturated rings. The van der Waals surface area contributed by atoms with Crippen molar-refractivity contribution in [2.24, 2.45) is 4.99 Å². The van der Waals surface area contributed by atoms with E-state index < -0.39 is 5.60 Å². The molecule has 2 rings (SSSR count). The van der Waals surface area contributed by atoms with Crippen LogP contribution in [0.3, 0.4) is 0 Å². The molecular weight excluding hydrogens is 304 g/mol. The topological polar surface area (TPSA) is 73.0 Å². The molecule has 1 aliphatic rings. The Kier molecular flexibility index (Phi) is 7.59. The molecule has 0 radical (unpaired) electrons. The van der Waals surface area contributed by atoms with Crippen molar-refractivity contribution in [3.63, 3.8) is 0 Å². The molecule has 24 heavy (non-hydrogen) atoms. The van der Waals surface area contributed by atoms with Gasteiger partial charge in [0.2, 0.25) is 0 Å². The maximum absolute atomic E-state index is 10.5. The normalized spacial score (nSPS) is 19.5. The molecule has 1 aromatic heterocycles. The van der Waals surface area contributed by atoms with Gasteiger partial charge in [0.05, 0.1) is 12.8 Å². The minimum absolute atomic E-state index is 0.250. The highest BCUT2D eigenvalue weighted by Crippen LogP contribution is 2.20. The first kappa shape index (κ1) is 18.8. The zero-order valence-corrected chi connectivity index (χ0v) is 15.1. The summed E-state index contributed by atoms with van der Waals surface area (Å²) in [5, 5.41) is 17.1. The molecule has 0 aromatic carbocycles. The number of nitrogens with one attached hydrogen (secondary N) is 2. The van der Waals surface area contributed by atoms with Gasteiger partial charge in [-0.25, -0.2) is 4.99 Å². The van der Waals surface area contributed by atoms with Gasteiger partial charge in [-0.3, -0.25) is 0 Å².